The molecule has 0 bridgehead atoms. The molecule has 5 nitrogen and oxygen atoms in total. The molecule has 0 atom stereocenters. The predicted molar refractivity (Wildman–Crippen MR) is 58.9 cm³/mol. The van der Waals surface area contributed by atoms with Crippen molar-refractivity contribution in [3.05, 3.63) is 35.9 Å². The number of amides is 2. The highest BCUT2D eigenvalue weighted by atomic mass is 16.5. The summed E-state index contributed by atoms with van der Waals surface area (Å²) in [5.41, 5.74) is 0.623. The minimum absolute atomic E-state index is 0.201. The lowest BCUT2D eigenvalue weighted by Crippen LogP contribution is -2.22. The molecule has 0 radical (unpaired) electrons. The number of hydrogen-bond donors (Lipinski definition) is 1. The lowest BCUT2D eigenvalue weighted by molar-refractivity contribution is -0.132. The van der Waals surface area contributed by atoms with Gasteiger partial charge in [0, 0.05) is 18.6 Å². The molecule has 86 valence electrons. The summed E-state index contributed by atoms with van der Waals surface area (Å²) in [5.74, 6) is -1.18. The summed E-state index contributed by atoms with van der Waals surface area (Å²) < 4.78 is 4.97. The maximum atomic E-state index is 11.5. The van der Waals surface area contributed by atoms with Gasteiger partial charge >= 0.3 is 5.97 Å². The molecular formula is C12H9NO4. The third-order valence-corrected chi connectivity index (χ3v) is 2.19. The molecule has 1 N–H and O–H groups in total. The number of imide groups is 1. The molecule has 2 rings (SSSR count). The SMILES string of the molecule is CC(=O)Oc1ccccc1C1=CC(=O)NC1=O. The number of esters is 1. The standard InChI is InChI=1S/C12H9NO4/c1-7(14)17-10-5-3-2-4-8(10)9-6-11(15)13-12(9)16/h2-6H,1H3,(H,13,15,16). The number of rotatable bonds is 2. The van der Waals surface area contributed by atoms with Crippen LogP contribution in [0, 0.1) is 0 Å². The van der Waals surface area contributed by atoms with Crippen LogP contribution in [0.5, 0.6) is 5.75 Å². The van der Waals surface area contributed by atoms with Crippen LogP contribution in [0.2, 0.25) is 0 Å². The zero-order valence-corrected chi connectivity index (χ0v) is 9.02. The van der Waals surface area contributed by atoms with Crippen LogP contribution >= 0.6 is 0 Å². The number of benzene rings is 1. The van der Waals surface area contributed by atoms with Crippen LogP contribution in [0.1, 0.15) is 12.5 Å². The van der Waals surface area contributed by atoms with Crippen LogP contribution in [-0.2, 0) is 14.4 Å². The van der Waals surface area contributed by atoms with Crippen LogP contribution < -0.4 is 10.1 Å². The summed E-state index contributed by atoms with van der Waals surface area (Å²) >= 11 is 0. The van der Waals surface area contributed by atoms with Crippen LogP contribution in [0.4, 0.5) is 0 Å². The number of nitrogens with one attached hydrogen (secondary N) is 1. The van der Waals surface area contributed by atoms with Crippen LogP contribution in [0.25, 0.3) is 5.57 Å². The third kappa shape index (κ3) is 2.23. The van der Waals surface area contributed by atoms with E-state index in [-0.39, 0.29) is 11.3 Å². The summed E-state index contributed by atoms with van der Waals surface area (Å²) in [6.45, 7) is 1.27. The van der Waals surface area contributed by atoms with Gasteiger partial charge in [-0.3, -0.25) is 19.7 Å². The fourth-order valence-electron chi connectivity index (χ4n) is 1.55. The first-order chi connectivity index (χ1) is 8.08. The Labute approximate surface area is 97.1 Å². The molecule has 1 heterocycles. The van der Waals surface area contributed by atoms with E-state index in [1.54, 1.807) is 24.3 Å². The lowest BCUT2D eigenvalue weighted by Gasteiger charge is -2.07. The minimum Gasteiger partial charge on any atom is -0.426 e. The van der Waals surface area contributed by atoms with Crippen molar-refractivity contribution in [3.63, 3.8) is 0 Å². The Hall–Kier alpha value is -2.43. The smallest absolute Gasteiger partial charge is 0.308 e. The van der Waals surface area contributed by atoms with Gasteiger partial charge in [0.2, 0.25) is 0 Å². The summed E-state index contributed by atoms with van der Waals surface area (Å²) in [4.78, 5) is 33.5. The molecule has 1 aliphatic heterocycles. The van der Waals surface area contributed by atoms with Gasteiger partial charge in [-0.1, -0.05) is 18.2 Å². The number of carbonyl (C=O) groups excluding carboxylic acids is 3. The van der Waals surface area contributed by atoms with Crippen molar-refractivity contribution >= 4 is 23.4 Å². The molecule has 0 unspecified atom stereocenters. The second-order valence-electron chi connectivity index (χ2n) is 3.47. The zero-order valence-electron chi connectivity index (χ0n) is 9.02. The average Bonchev–Trinajstić information content (AvgIpc) is 2.58. The van der Waals surface area contributed by atoms with Gasteiger partial charge in [-0.15, -0.1) is 0 Å². The van der Waals surface area contributed by atoms with E-state index in [0.29, 0.717) is 5.56 Å². The van der Waals surface area contributed by atoms with E-state index in [1.165, 1.54) is 13.0 Å². The number of carbonyl (C=O) groups is 3. The molecule has 0 aliphatic carbocycles. The van der Waals surface area contributed by atoms with Crippen molar-refractivity contribution in [2.45, 2.75) is 6.92 Å². The quantitative estimate of drug-likeness (QED) is 0.461. The first kappa shape index (κ1) is 11.1. The van der Waals surface area contributed by atoms with E-state index in [0.717, 1.165) is 0 Å². The molecule has 5 heteroatoms. The zero-order chi connectivity index (χ0) is 12.4. The second-order valence-corrected chi connectivity index (χ2v) is 3.47. The fraction of sp³-hybridized carbons (Fsp3) is 0.0833. The van der Waals surface area contributed by atoms with Gasteiger partial charge in [0.1, 0.15) is 5.75 Å². The van der Waals surface area contributed by atoms with Crippen LogP contribution in [0.15, 0.2) is 30.3 Å². The van der Waals surface area contributed by atoms with Gasteiger partial charge in [0.05, 0.1) is 5.57 Å². The first-order valence-corrected chi connectivity index (χ1v) is 4.93. The number of ether oxygens (including phenoxy) is 1. The highest BCUT2D eigenvalue weighted by molar-refractivity contribution is 6.34. The van der Waals surface area contributed by atoms with E-state index in [9.17, 15) is 14.4 Å². The van der Waals surface area contributed by atoms with Crippen molar-refractivity contribution in [1.82, 2.24) is 5.32 Å². The molecular weight excluding hydrogens is 222 g/mol. The van der Waals surface area contributed by atoms with Crippen molar-refractivity contribution in [1.29, 1.82) is 0 Å². The molecule has 0 spiro atoms. The van der Waals surface area contributed by atoms with E-state index in [4.69, 9.17) is 4.74 Å². The monoisotopic (exact) mass is 231 g/mol. The van der Waals surface area contributed by atoms with Crippen LogP contribution in [-0.4, -0.2) is 17.8 Å². The topological polar surface area (TPSA) is 72.5 Å². The van der Waals surface area contributed by atoms with Crippen molar-refractivity contribution in [3.8, 4) is 5.75 Å². The predicted octanol–water partition coefficient (Wildman–Crippen LogP) is 0.652. The van der Waals surface area contributed by atoms with Crippen molar-refractivity contribution < 1.29 is 19.1 Å². The Balaban J connectivity index is 2.45. The van der Waals surface area contributed by atoms with Crippen molar-refractivity contribution in [2.24, 2.45) is 0 Å². The van der Waals surface area contributed by atoms with Crippen molar-refractivity contribution in [2.75, 3.05) is 0 Å². The van der Waals surface area contributed by atoms with E-state index in [1.807, 2.05) is 0 Å². The molecule has 1 aromatic rings. The molecule has 0 saturated heterocycles. The third-order valence-electron chi connectivity index (χ3n) is 2.19. The minimum atomic E-state index is -0.491. The highest BCUT2D eigenvalue weighted by Gasteiger charge is 2.24. The maximum Gasteiger partial charge on any atom is 0.308 e. The Morgan fingerprint density at radius 3 is 2.53 bits per heavy atom. The van der Waals surface area contributed by atoms with Gasteiger partial charge in [0.25, 0.3) is 11.8 Å². The molecule has 0 aromatic heterocycles. The molecule has 1 aromatic carbocycles. The Bertz CT molecular complexity index is 545. The molecule has 2 amide bonds. The number of hydrogen-bond acceptors (Lipinski definition) is 4. The van der Waals surface area contributed by atoms with Crippen LogP contribution in [0.3, 0.4) is 0 Å². The summed E-state index contributed by atoms with van der Waals surface area (Å²) in [5, 5.41) is 2.13. The summed E-state index contributed by atoms with van der Waals surface area (Å²) in [6.07, 6.45) is 1.19. The second kappa shape index (κ2) is 4.21. The van der Waals surface area contributed by atoms with Gasteiger partial charge in [0.15, 0.2) is 0 Å². The fourth-order valence-corrected chi connectivity index (χ4v) is 1.55. The van der Waals surface area contributed by atoms with E-state index in [2.05, 4.69) is 5.32 Å². The Kier molecular flexibility index (Phi) is 2.74. The molecule has 1 aliphatic rings. The Morgan fingerprint density at radius 2 is 1.94 bits per heavy atom. The van der Waals surface area contributed by atoms with Gasteiger partial charge < -0.3 is 4.74 Å². The van der Waals surface area contributed by atoms with Gasteiger partial charge in [-0.25, -0.2) is 0 Å². The molecule has 17 heavy (non-hydrogen) atoms. The highest BCUT2D eigenvalue weighted by Crippen LogP contribution is 2.27. The van der Waals surface area contributed by atoms with E-state index < -0.39 is 17.8 Å². The largest absolute Gasteiger partial charge is 0.426 e. The lowest BCUT2D eigenvalue weighted by atomic mass is 10.1. The summed E-state index contributed by atoms with van der Waals surface area (Å²) in [6, 6.07) is 6.55. The van der Waals surface area contributed by atoms with E-state index >= 15 is 0 Å². The Morgan fingerprint density at radius 1 is 1.24 bits per heavy atom. The normalized spacial score (nSPS) is 14.3. The average molecular weight is 231 g/mol. The first-order valence-electron chi connectivity index (χ1n) is 4.93. The van der Waals surface area contributed by atoms with Gasteiger partial charge in [-0.2, -0.15) is 0 Å². The van der Waals surface area contributed by atoms with Gasteiger partial charge in [-0.05, 0) is 6.07 Å². The summed E-state index contributed by atoms with van der Waals surface area (Å²) in [7, 11) is 0. The molecule has 0 fully saturated rings. The number of para-hydroxylation sites is 1. The molecule has 0 saturated carbocycles. The maximum absolute atomic E-state index is 11.5.